The third-order valence-corrected chi connectivity index (χ3v) is 3.65. The van der Waals surface area contributed by atoms with Gasteiger partial charge in [0.05, 0.1) is 0 Å². The van der Waals surface area contributed by atoms with Crippen LogP contribution in [-0.4, -0.2) is 8.25 Å². The normalized spacial score (nSPS) is 45.0. The van der Waals surface area contributed by atoms with Crippen LogP contribution in [0.15, 0.2) is 0 Å². The van der Waals surface area contributed by atoms with Crippen molar-refractivity contribution in [2.75, 3.05) is 0 Å². The first-order valence-electron chi connectivity index (χ1n) is 3.43. The minimum Gasteiger partial charge on any atom is -0.0856 e. The molecule has 0 spiro atoms. The maximum atomic E-state index is 3.73. The molecule has 1 rings (SSSR count). The van der Waals surface area contributed by atoms with Crippen LogP contribution in [0, 0.1) is 0 Å². The Balaban J connectivity index is 2.41. The number of hydrogen-bond acceptors (Lipinski definition) is 0. The van der Waals surface area contributed by atoms with Gasteiger partial charge in [0.15, 0.2) is 0 Å². The number of alkyl halides is 2. The highest BCUT2D eigenvalue weighted by molar-refractivity contribution is 14.1. The van der Waals surface area contributed by atoms with Gasteiger partial charge >= 0.3 is 0 Å². The summed E-state index contributed by atoms with van der Waals surface area (Å²) in [5, 5.41) is 0. The van der Waals surface area contributed by atoms with Crippen molar-refractivity contribution in [2.24, 2.45) is 0 Å². The summed E-state index contributed by atoms with van der Waals surface area (Å²) in [6, 6.07) is 0. The number of halogens is 2. The summed E-state index contributed by atoms with van der Waals surface area (Å²) in [7, 11) is 0. The zero-order chi connectivity index (χ0) is 6.91. The average molecular weight is 303 g/mol. The van der Waals surface area contributed by atoms with E-state index in [1.165, 1.54) is 25.7 Å². The van der Waals surface area contributed by atoms with Gasteiger partial charge in [-0.2, -0.15) is 0 Å². The highest BCUT2D eigenvalue weighted by Gasteiger charge is 2.27. The molecule has 0 aromatic carbocycles. The molecule has 0 amide bonds. The molecule has 0 aromatic heterocycles. The lowest BCUT2D eigenvalue weighted by atomic mass is 9.91. The topological polar surface area (TPSA) is 0 Å². The molecule has 1 saturated carbocycles. The second kappa shape index (κ2) is 3.07. The molecule has 2 heteroatoms. The van der Waals surface area contributed by atoms with Gasteiger partial charge in [-0.25, -0.2) is 0 Å². The first-order chi connectivity index (χ1) is 4.10. The Labute approximate surface area is 79.1 Å². The van der Waals surface area contributed by atoms with Crippen molar-refractivity contribution in [3.05, 3.63) is 0 Å². The summed E-state index contributed by atoms with van der Waals surface area (Å²) in [4.78, 5) is 0. The van der Waals surface area contributed by atoms with Crippen molar-refractivity contribution in [3.63, 3.8) is 0 Å². The predicted molar refractivity (Wildman–Crippen MR) is 53.6 cm³/mol. The number of rotatable bonds is 0. The second-order valence-electron chi connectivity index (χ2n) is 3.11. The lowest BCUT2D eigenvalue weighted by Gasteiger charge is -2.30. The average Bonchev–Trinajstić information content (AvgIpc) is 1.60. The molecular formula is C7H12BrI. The molecule has 1 fully saturated rings. The molecule has 0 bridgehead atoms. The van der Waals surface area contributed by atoms with E-state index in [1.807, 2.05) is 0 Å². The Hall–Kier alpha value is 1.21. The Morgan fingerprint density at radius 2 is 2.33 bits per heavy atom. The van der Waals surface area contributed by atoms with E-state index in [0.29, 0.717) is 4.32 Å². The van der Waals surface area contributed by atoms with Crippen LogP contribution in [0.25, 0.3) is 0 Å². The lowest BCUT2D eigenvalue weighted by Crippen LogP contribution is -2.25. The van der Waals surface area contributed by atoms with Gasteiger partial charge in [0, 0.05) is 8.25 Å². The van der Waals surface area contributed by atoms with Gasteiger partial charge in [0.2, 0.25) is 0 Å². The summed E-state index contributed by atoms with van der Waals surface area (Å²) >= 11 is 6.28. The summed E-state index contributed by atoms with van der Waals surface area (Å²) in [6.45, 7) is 2.30. The first kappa shape index (κ1) is 8.31. The van der Waals surface area contributed by atoms with E-state index in [9.17, 15) is 0 Å². The van der Waals surface area contributed by atoms with Crippen LogP contribution < -0.4 is 0 Å². The van der Waals surface area contributed by atoms with Gasteiger partial charge in [-0.15, -0.1) is 0 Å². The molecular weight excluding hydrogens is 291 g/mol. The minimum absolute atomic E-state index is 0.455. The predicted octanol–water partition coefficient (Wildman–Crippen LogP) is 3.52. The van der Waals surface area contributed by atoms with Crippen molar-refractivity contribution in [3.8, 4) is 0 Å². The van der Waals surface area contributed by atoms with E-state index >= 15 is 0 Å². The fraction of sp³-hybridized carbons (Fsp3) is 1.00. The van der Waals surface area contributed by atoms with Crippen molar-refractivity contribution in [1.29, 1.82) is 0 Å². The molecule has 2 atom stereocenters. The van der Waals surface area contributed by atoms with E-state index in [1.54, 1.807) is 0 Å². The van der Waals surface area contributed by atoms with Crippen molar-refractivity contribution in [2.45, 2.75) is 40.9 Å². The zero-order valence-electron chi connectivity index (χ0n) is 5.66. The molecule has 9 heavy (non-hydrogen) atoms. The molecule has 0 saturated heterocycles. The quantitative estimate of drug-likeness (QED) is 0.474. The first-order valence-corrected chi connectivity index (χ1v) is 5.47. The Morgan fingerprint density at radius 3 is 2.67 bits per heavy atom. The minimum atomic E-state index is 0.455. The third-order valence-electron chi connectivity index (χ3n) is 1.86. The van der Waals surface area contributed by atoms with Gasteiger partial charge in [0.25, 0.3) is 0 Å². The molecule has 54 valence electrons. The van der Waals surface area contributed by atoms with Gasteiger partial charge in [-0.05, 0) is 26.2 Å². The van der Waals surface area contributed by atoms with Crippen LogP contribution in [0.4, 0.5) is 0 Å². The van der Waals surface area contributed by atoms with Gasteiger partial charge in [0.1, 0.15) is 0 Å². The number of hydrogen-bond donors (Lipinski definition) is 0. The van der Waals surface area contributed by atoms with Crippen molar-refractivity contribution in [1.82, 2.24) is 0 Å². The van der Waals surface area contributed by atoms with Crippen molar-refractivity contribution >= 4 is 38.5 Å². The Kier molecular flexibility index (Phi) is 2.84. The second-order valence-corrected chi connectivity index (χ2v) is 6.78. The smallest absolute Gasteiger partial charge is 0.0239 e. The van der Waals surface area contributed by atoms with Gasteiger partial charge in [-0.1, -0.05) is 44.9 Å². The summed E-state index contributed by atoms with van der Waals surface area (Å²) in [5.41, 5.74) is 0. The van der Waals surface area contributed by atoms with Gasteiger partial charge in [-0.3, -0.25) is 0 Å². The monoisotopic (exact) mass is 302 g/mol. The van der Waals surface area contributed by atoms with Crippen LogP contribution >= 0.6 is 38.5 Å². The standard InChI is InChI=1S/C7H12BrI/c1-7(8)4-2-3-6(9)5-7/h6H,2-5H2,1H3. The van der Waals surface area contributed by atoms with Crippen LogP contribution in [0.3, 0.4) is 0 Å². The molecule has 0 N–H and O–H groups in total. The third kappa shape index (κ3) is 2.74. The van der Waals surface area contributed by atoms with E-state index in [4.69, 9.17) is 0 Å². The highest BCUT2D eigenvalue weighted by atomic mass is 127. The van der Waals surface area contributed by atoms with Gasteiger partial charge < -0.3 is 0 Å². The zero-order valence-corrected chi connectivity index (χ0v) is 9.41. The van der Waals surface area contributed by atoms with Crippen LogP contribution in [0.1, 0.15) is 32.6 Å². The summed E-state index contributed by atoms with van der Waals surface area (Å²) in [5.74, 6) is 0. The highest BCUT2D eigenvalue weighted by Crippen LogP contribution is 2.38. The molecule has 0 heterocycles. The molecule has 0 radical (unpaired) electrons. The molecule has 0 aliphatic heterocycles. The Bertz CT molecular complexity index is 101. The Morgan fingerprint density at radius 1 is 1.67 bits per heavy atom. The maximum Gasteiger partial charge on any atom is 0.0239 e. The SMILES string of the molecule is CC1(Br)CCCC(I)C1. The molecule has 1 aliphatic rings. The summed E-state index contributed by atoms with van der Waals surface area (Å²) < 4.78 is 1.36. The van der Waals surface area contributed by atoms with E-state index < -0.39 is 0 Å². The van der Waals surface area contributed by atoms with E-state index in [0.717, 1.165) is 3.92 Å². The summed E-state index contributed by atoms with van der Waals surface area (Å²) in [6.07, 6.45) is 5.51. The largest absolute Gasteiger partial charge is 0.0856 e. The van der Waals surface area contributed by atoms with Crippen molar-refractivity contribution < 1.29 is 0 Å². The molecule has 2 unspecified atom stereocenters. The van der Waals surface area contributed by atoms with Crippen LogP contribution in [0.2, 0.25) is 0 Å². The maximum absolute atomic E-state index is 3.73. The fourth-order valence-corrected chi connectivity index (χ4v) is 4.05. The molecule has 0 aromatic rings. The molecule has 1 aliphatic carbocycles. The fourth-order valence-electron chi connectivity index (χ4n) is 1.36. The van der Waals surface area contributed by atoms with E-state index in [2.05, 4.69) is 45.4 Å². The molecule has 0 nitrogen and oxygen atoms in total. The van der Waals surface area contributed by atoms with Crippen LogP contribution in [0.5, 0.6) is 0 Å². The van der Waals surface area contributed by atoms with E-state index in [-0.39, 0.29) is 0 Å². The van der Waals surface area contributed by atoms with Crippen LogP contribution in [-0.2, 0) is 0 Å². The lowest BCUT2D eigenvalue weighted by molar-refractivity contribution is 0.449.